The normalized spacial score (nSPS) is 42.7. The van der Waals surface area contributed by atoms with E-state index in [4.69, 9.17) is 4.74 Å². The van der Waals surface area contributed by atoms with Crippen molar-refractivity contribution in [2.75, 3.05) is 19.6 Å². The molecule has 0 amide bonds. The molecule has 4 nitrogen and oxygen atoms in total. The van der Waals surface area contributed by atoms with Gasteiger partial charge in [0, 0.05) is 19.0 Å². The average Bonchev–Trinajstić information content (AvgIpc) is 2.90. The van der Waals surface area contributed by atoms with Crippen LogP contribution in [0, 0.1) is 29.6 Å². The highest BCUT2D eigenvalue weighted by Crippen LogP contribution is 2.54. The third kappa shape index (κ3) is 3.62. The van der Waals surface area contributed by atoms with E-state index in [1.807, 2.05) is 0 Å². The van der Waals surface area contributed by atoms with Crippen LogP contribution in [0.1, 0.15) is 64.7 Å². The summed E-state index contributed by atoms with van der Waals surface area (Å²) in [5.41, 5.74) is 0. The molecule has 0 aromatic heterocycles. The highest BCUT2D eigenvalue weighted by atomic mass is 16.6. The van der Waals surface area contributed by atoms with Crippen molar-refractivity contribution in [1.82, 2.24) is 4.90 Å². The van der Waals surface area contributed by atoms with Gasteiger partial charge < -0.3 is 14.7 Å². The lowest BCUT2D eigenvalue weighted by atomic mass is 9.56. The van der Waals surface area contributed by atoms with Crippen LogP contribution in [0.2, 0.25) is 0 Å². The van der Waals surface area contributed by atoms with E-state index in [9.17, 15) is 9.90 Å². The van der Waals surface area contributed by atoms with Crippen LogP contribution in [0.4, 0.5) is 0 Å². The summed E-state index contributed by atoms with van der Waals surface area (Å²) in [5, 5.41) is 9.67. The first-order valence-electron chi connectivity index (χ1n) is 10.7. The minimum atomic E-state index is -0.0825. The number of ether oxygens (including phenoxy) is 1. The quantitative estimate of drug-likeness (QED) is 0.792. The van der Waals surface area contributed by atoms with Gasteiger partial charge in [0.1, 0.15) is 6.10 Å². The van der Waals surface area contributed by atoms with Crippen LogP contribution >= 0.6 is 0 Å². The van der Waals surface area contributed by atoms with E-state index >= 15 is 0 Å². The van der Waals surface area contributed by atoms with E-state index in [1.165, 1.54) is 38.5 Å². The minimum Gasteiger partial charge on any atom is -0.462 e. The standard InChI is InChI=1S/C21H35NO3/c1-14-20-18(7-4-10-22-11-8-16(23)9-12-22)17-6-3-2-5-15(17)13-19(20)21(24)25-14/h14-20,23H,2-13H2,1H3/t14-,15+,17-,18+,19-,20+/m0/s1. The summed E-state index contributed by atoms with van der Waals surface area (Å²) >= 11 is 0. The Morgan fingerprint density at radius 3 is 2.72 bits per heavy atom. The lowest BCUT2D eigenvalue weighted by molar-refractivity contribution is -0.144. The predicted octanol–water partition coefficient (Wildman–Crippen LogP) is 3.23. The Morgan fingerprint density at radius 1 is 1.16 bits per heavy atom. The molecule has 2 saturated carbocycles. The van der Waals surface area contributed by atoms with E-state index < -0.39 is 0 Å². The monoisotopic (exact) mass is 349 g/mol. The van der Waals surface area contributed by atoms with Gasteiger partial charge in [0.25, 0.3) is 0 Å². The molecule has 0 aromatic carbocycles. The van der Waals surface area contributed by atoms with E-state index in [-0.39, 0.29) is 24.1 Å². The molecule has 2 heterocycles. The van der Waals surface area contributed by atoms with Crippen molar-refractivity contribution >= 4 is 5.97 Å². The lowest BCUT2D eigenvalue weighted by Gasteiger charge is -2.47. The van der Waals surface area contributed by atoms with Crippen molar-refractivity contribution in [3.8, 4) is 0 Å². The third-order valence-electron chi connectivity index (χ3n) is 7.75. The minimum absolute atomic E-state index is 0.0825. The van der Waals surface area contributed by atoms with Crippen LogP contribution in [0.3, 0.4) is 0 Å². The number of fused-ring (bicyclic) bond motifs is 2. The summed E-state index contributed by atoms with van der Waals surface area (Å²) in [6.07, 6.45) is 10.9. The average molecular weight is 350 g/mol. The van der Waals surface area contributed by atoms with E-state index in [1.54, 1.807) is 0 Å². The van der Waals surface area contributed by atoms with Gasteiger partial charge in [0.05, 0.1) is 12.0 Å². The Kier molecular flexibility index (Phi) is 5.38. The fourth-order valence-corrected chi connectivity index (χ4v) is 6.54. The highest BCUT2D eigenvalue weighted by molar-refractivity contribution is 5.75. The number of carbonyl (C=O) groups is 1. The van der Waals surface area contributed by atoms with Gasteiger partial charge in [-0.15, -0.1) is 0 Å². The van der Waals surface area contributed by atoms with Crippen molar-refractivity contribution in [3.63, 3.8) is 0 Å². The SMILES string of the molecule is C[C@@H]1OC(=O)[C@H]2C[C@H]3CCCC[C@@H]3[C@@H](CCCN3CCC(O)CC3)[C@@H]12. The number of esters is 1. The molecule has 0 unspecified atom stereocenters. The number of cyclic esters (lactones) is 1. The Morgan fingerprint density at radius 2 is 1.92 bits per heavy atom. The molecule has 25 heavy (non-hydrogen) atoms. The Labute approximate surface area is 152 Å². The maximum atomic E-state index is 12.3. The largest absolute Gasteiger partial charge is 0.462 e. The first-order chi connectivity index (χ1) is 12.1. The fourth-order valence-electron chi connectivity index (χ4n) is 6.54. The van der Waals surface area contributed by atoms with Crippen molar-refractivity contribution in [3.05, 3.63) is 0 Å². The molecule has 0 bridgehead atoms. The lowest BCUT2D eigenvalue weighted by Crippen LogP contribution is -2.44. The summed E-state index contributed by atoms with van der Waals surface area (Å²) in [6.45, 7) is 5.37. The van der Waals surface area contributed by atoms with Crippen LogP contribution in [-0.4, -0.2) is 47.8 Å². The molecular weight excluding hydrogens is 314 g/mol. The van der Waals surface area contributed by atoms with Gasteiger partial charge in [-0.1, -0.05) is 19.3 Å². The number of piperidine rings is 1. The first kappa shape index (κ1) is 17.8. The fraction of sp³-hybridized carbons (Fsp3) is 0.952. The topological polar surface area (TPSA) is 49.8 Å². The van der Waals surface area contributed by atoms with Crippen molar-refractivity contribution in [2.45, 2.75) is 76.9 Å². The van der Waals surface area contributed by atoms with Gasteiger partial charge in [0.15, 0.2) is 0 Å². The maximum Gasteiger partial charge on any atom is 0.309 e. The summed E-state index contributed by atoms with van der Waals surface area (Å²) in [7, 11) is 0. The van der Waals surface area contributed by atoms with Crippen molar-refractivity contribution < 1.29 is 14.6 Å². The molecule has 2 aliphatic heterocycles. The second-order valence-corrected chi connectivity index (χ2v) is 9.15. The van der Waals surface area contributed by atoms with Crippen LogP contribution in [0.25, 0.3) is 0 Å². The predicted molar refractivity (Wildman–Crippen MR) is 97.0 cm³/mol. The number of rotatable bonds is 4. The number of likely N-dealkylation sites (tertiary alicyclic amines) is 1. The Balaban J connectivity index is 1.39. The van der Waals surface area contributed by atoms with Gasteiger partial charge in [-0.05, 0) is 69.7 Å². The van der Waals surface area contributed by atoms with E-state index in [0.717, 1.165) is 50.7 Å². The molecule has 0 aromatic rings. The van der Waals surface area contributed by atoms with Crippen molar-refractivity contribution in [2.24, 2.45) is 29.6 Å². The zero-order chi connectivity index (χ0) is 17.4. The smallest absolute Gasteiger partial charge is 0.309 e. The molecule has 0 radical (unpaired) electrons. The number of hydrogen-bond donors (Lipinski definition) is 1. The summed E-state index contributed by atoms with van der Waals surface area (Å²) in [4.78, 5) is 14.9. The van der Waals surface area contributed by atoms with Gasteiger partial charge in [-0.25, -0.2) is 0 Å². The molecule has 1 N–H and O–H groups in total. The van der Waals surface area contributed by atoms with Crippen LogP contribution in [0.15, 0.2) is 0 Å². The molecule has 4 aliphatic rings. The molecule has 4 fully saturated rings. The van der Waals surface area contributed by atoms with E-state index in [2.05, 4.69) is 11.8 Å². The Hall–Kier alpha value is -0.610. The number of carbonyl (C=O) groups excluding carboxylic acids is 1. The summed E-state index contributed by atoms with van der Waals surface area (Å²) in [6, 6.07) is 0. The number of aliphatic hydroxyl groups is 1. The third-order valence-corrected chi connectivity index (χ3v) is 7.75. The molecule has 2 aliphatic carbocycles. The zero-order valence-electron chi connectivity index (χ0n) is 15.7. The molecule has 4 heteroatoms. The first-order valence-corrected chi connectivity index (χ1v) is 10.7. The molecular formula is C21H35NO3. The maximum absolute atomic E-state index is 12.3. The van der Waals surface area contributed by atoms with Gasteiger partial charge in [-0.3, -0.25) is 4.79 Å². The molecule has 2 saturated heterocycles. The zero-order valence-corrected chi connectivity index (χ0v) is 15.7. The van der Waals surface area contributed by atoms with Crippen LogP contribution < -0.4 is 0 Å². The molecule has 4 rings (SSSR count). The Bertz CT molecular complexity index is 474. The number of nitrogens with zero attached hydrogens (tertiary/aromatic N) is 1. The second-order valence-electron chi connectivity index (χ2n) is 9.15. The van der Waals surface area contributed by atoms with Gasteiger partial charge in [0.2, 0.25) is 0 Å². The number of aliphatic hydroxyl groups excluding tert-OH is 1. The summed E-state index contributed by atoms with van der Waals surface area (Å²) < 4.78 is 5.68. The summed E-state index contributed by atoms with van der Waals surface area (Å²) in [5.74, 6) is 3.02. The molecule has 0 spiro atoms. The van der Waals surface area contributed by atoms with Gasteiger partial charge in [-0.2, -0.15) is 0 Å². The second kappa shape index (κ2) is 7.56. The molecule has 142 valence electrons. The number of hydrogen-bond acceptors (Lipinski definition) is 4. The molecule has 6 atom stereocenters. The van der Waals surface area contributed by atoms with E-state index in [0.29, 0.717) is 11.8 Å². The van der Waals surface area contributed by atoms with Crippen LogP contribution in [-0.2, 0) is 9.53 Å². The van der Waals surface area contributed by atoms with Crippen molar-refractivity contribution in [1.29, 1.82) is 0 Å². The van der Waals surface area contributed by atoms with Crippen LogP contribution in [0.5, 0.6) is 0 Å². The van der Waals surface area contributed by atoms with Gasteiger partial charge >= 0.3 is 5.97 Å². The highest BCUT2D eigenvalue weighted by Gasteiger charge is 2.54.